The third kappa shape index (κ3) is 2.08. The maximum Gasteiger partial charge on any atom is 0.0355 e. The average Bonchev–Trinajstić information content (AvgIpc) is 2.38. The van der Waals surface area contributed by atoms with Crippen LogP contribution >= 0.6 is 0 Å². The first-order chi connectivity index (χ1) is 9.89. The molecular weight excluding hydrogens is 254 g/mol. The first-order valence-corrected chi connectivity index (χ1v) is 8.72. The van der Waals surface area contributed by atoms with Gasteiger partial charge >= 0.3 is 0 Å². The quantitative estimate of drug-likeness (QED) is 0.820. The van der Waals surface area contributed by atoms with E-state index < -0.39 is 0 Å². The Kier molecular flexibility index (Phi) is 2.86. The monoisotopic (exact) mass is 283 g/mol. The molecule has 0 radical (unpaired) electrons. The number of rotatable bonds is 2. The predicted octanol–water partition coefficient (Wildman–Crippen LogP) is 4.91. The molecule has 4 aliphatic carbocycles. The maximum absolute atomic E-state index is 6.92. The second-order valence-electron chi connectivity index (χ2n) is 8.97. The number of nitrogens with two attached hydrogens (primary N) is 1. The Balaban J connectivity index is 1.73. The van der Waals surface area contributed by atoms with E-state index in [-0.39, 0.29) is 6.04 Å². The molecule has 4 fully saturated rings. The van der Waals surface area contributed by atoms with Crippen molar-refractivity contribution in [1.82, 2.24) is 0 Å². The minimum atomic E-state index is 0.239. The van der Waals surface area contributed by atoms with Crippen LogP contribution in [0.2, 0.25) is 0 Å². The smallest absolute Gasteiger partial charge is 0.0355 e. The van der Waals surface area contributed by atoms with E-state index in [1.54, 1.807) is 0 Å². The molecular formula is C20H29N. The highest BCUT2D eigenvalue weighted by Crippen LogP contribution is 2.67. The van der Waals surface area contributed by atoms with Crippen molar-refractivity contribution in [3.63, 3.8) is 0 Å². The van der Waals surface area contributed by atoms with Crippen LogP contribution in [0.3, 0.4) is 0 Å². The SMILES string of the molecule is Cc1ccc(C)c(C(N)C23CC4CC(CC(C)(C4)C2)C3)c1. The third-order valence-corrected chi connectivity index (χ3v) is 6.83. The zero-order valence-corrected chi connectivity index (χ0v) is 13.8. The van der Waals surface area contributed by atoms with E-state index in [2.05, 4.69) is 39.0 Å². The summed E-state index contributed by atoms with van der Waals surface area (Å²) in [5.74, 6) is 1.90. The average molecular weight is 283 g/mol. The summed E-state index contributed by atoms with van der Waals surface area (Å²) in [5.41, 5.74) is 12.0. The molecule has 0 spiro atoms. The lowest BCUT2D eigenvalue weighted by atomic mass is 9.43. The molecule has 2 N–H and O–H groups in total. The number of benzene rings is 1. The van der Waals surface area contributed by atoms with E-state index in [0.29, 0.717) is 10.8 Å². The molecule has 1 heteroatoms. The summed E-state index contributed by atoms with van der Waals surface area (Å²) in [6, 6.07) is 7.06. The van der Waals surface area contributed by atoms with E-state index in [0.717, 1.165) is 11.8 Å². The van der Waals surface area contributed by atoms with E-state index in [1.807, 2.05) is 0 Å². The molecule has 1 aromatic carbocycles. The van der Waals surface area contributed by atoms with Gasteiger partial charge < -0.3 is 5.73 Å². The summed E-state index contributed by atoms with van der Waals surface area (Å²) in [6.07, 6.45) is 8.54. The molecule has 0 amide bonds. The van der Waals surface area contributed by atoms with Crippen LogP contribution in [0.1, 0.15) is 68.2 Å². The van der Waals surface area contributed by atoms with E-state index in [4.69, 9.17) is 5.73 Å². The second-order valence-corrected chi connectivity index (χ2v) is 8.97. The zero-order chi connectivity index (χ0) is 14.8. The van der Waals surface area contributed by atoms with Gasteiger partial charge in [0.25, 0.3) is 0 Å². The van der Waals surface area contributed by atoms with Crippen LogP contribution in [0.4, 0.5) is 0 Å². The first kappa shape index (κ1) is 13.8. The summed E-state index contributed by atoms with van der Waals surface area (Å²) in [7, 11) is 0. The summed E-state index contributed by atoms with van der Waals surface area (Å²) in [6.45, 7) is 6.96. The van der Waals surface area contributed by atoms with Gasteiger partial charge in [-0.25, -0.2) is 0 Å². The van der Waals surface area contributed by atoms with Crippen LogP contribution in [-0.2, 0) is 0 Å². The van der Waals surface area contributed by atoms with Crippen molar-refractivity contribution in [2.45, 2.75) is 65.3 Å². The van der Waals surface area contributed by atoms with Gasteiger partial charge in [0.1, 0.15) is 0 Å². The maximum atomic E-state index is 6.92. The van der Waals surface area contributed by atoms with E-state index in [9.17, 15) is 0 Å². The van der Waals surface area contributed by atoms with Gasteiger partial charge in [-0.05, 0) is 86.2 Å². The Morgan fingerprint density at radius 3 is 2.38 bits per heavy atom. The fraction of sp³-hybridized carbons (Fsp3) is 0.700. The number of aryl methyl sites for hydroxylation is 2. The molecule has 21 heavy (non-hydrogen) atoms. The zero-order valence-electron chi connectivity index (χ0n) is 13.8. The van der Waals surface area contributed by atoms with Crippen LogP contribution < -0.4 is 5.73 Å². The van der Waals surface area contributed by atoms with Gasteiger partial charge in [0.05, 0.1) is 0 Å². The molecule has 114 valence electrons. The largest absolute Gasteiger partial charge is 0.323 e. The van der Waals surface area contributed by atoms with Crippen molar-refractivity contribution < 1.29 is 0 Å². The van der Waals surface area contributed by atoms with Gasteiger partial charge in [0, 0.05) is 6.04 Å². The molecule has 0 saturated heterocycles. The van der Waals surface area contributed by atoms with Crippen molar-refractivity contribution in [1.29, 1.82) is 0 Å². The highest BCUT2D eigenvalue weighted by Gasteiger charge is 2.57. The van der Waals surface area contributed by atoms with E-state index in [1.165, 1.54) is 55.2 Å². The Bertz CT molecular complexity index is 559. The summed E-state index contributed by atoms with van der Waals surface area (Å²) >= 11 is 0. The van der Waals surface area contributed by atoms with Crippen molar-refractivity contribution in [3.05, 3.63) is 34.9 Å². The second kappa shape index (κ2) is 4.35. The van der Waals surface area contributed by atoms with Gasteiger partial charge in [-0.2, -0.15) is 0 Å². The third-order valence-electron chi connectivity index (χ3n) is 6.83. The van der Waals surface area contributed by atoms with Crippen LogP contribution in [-0.4, -0.2) is 0 Å². The normalized spacial score (nSPS) is 42.3. The Morgan fingerprint density at radius 1 is 1.10 bits per heavy atom. The number of hydrogen-bond acceptors (Lipinski definition) is 1. The topological polar surface area (TPSA) is 26.0 Å². The van der Waals surface area contributed by atoms with Crippen LogP contribution in [0, 0.1) is 36.5 Å². The predicted molar refractivity (Wildman–Crippen MR) is 88.1 cm³/mol. The lowest BCUT2D eigenvalue weighted by Gasteiger charge is -2.63. The minimum Gasteiger partial charge on any atom is -0.323 e. The summed E-state index contributed by atoms with van der Waals surface area (Å²) in [5, 5.41) is 0. The van der Waals surface area contributed by atoms with Crippen LogP contribution in [0.15, 0.2) is 18.2 Å². The van der Waals surface area contributed by atoms with Gasteiger partial charge in [0.15, 0.2) is 0 Å². The van der Waals surface area contributed by atoms with Gasteiger partial charge in [0.2, 0.25) is 0 Å². The standard InChI is InChI=1S/C20H29N/c1-13-4-5-14(2)17(6-13)18(21)20-10-15-7-16(11-20)9-19(3,8-15)12-20/h4-6,15-16,18H,7-12,21H2,1-3H3. The molecule has 0 aromatic heterocycles. The van der Waals surface area contributed by atoms with Crippen molar-refractivity contribution in [2.24, 2.45) is 28.4 Å². The Hall–Kier alpha value is -0.820. The highest BCUT2D eigenvalue weighted by molar-refractivity contribution is 5.35. The lowest BCUT2D eigenvalue weighted by Crippen LogP contribution is -2.54. The number of hydrogen-bond donors (Lipinski definition) is 1. The first-order valence-electron chi connectivity index (χ1n) is 8.72. The molecule has 3 unspecified atom stereocenters. The fourth-order valence-corrected chi connectivity index (χ4v) is 6.59. The van der Waals surface area contributed by atoms with Crippen LogP contribution in [0.25, 0.3) is 0 Å². The van der Waals surface area contributed by atoms with Crippen LogP contribution in [0.5, 0.6) is 0 Å². The Morgan fingerprint density at radius 2 is 1.76 bits per heavy atom. The molecule has 5 rings (SSSR count). The van der Waals surface area contributed by atoms with Gasteiger partial charge in [-0.1, -0.05) is 30.7 Å². The molecule has 3 atom stereocenters. The molecule has 1 aromatic rings. The molecule has 0 heterocycles. The lowest BCUT2D eigenvalue weighted by molar-refractivity contribution is -0.113. The molecule has 4 bridgehead atoms. The molecule has 4 saturated carbocycles. The fourth-order valence-electron chi connectivity index (χ4n) is 6.59. The van der Waals surface area contributed by atoms with E-state index >= 15 is 0 Å². The molecule has 4 aliphatic rings. The van der Waals surface area contributed by atoms with Gasteiger partial charge in [-0.15, -0.1) is 0 Å². The highest BCUT2D eigenvalue weighted by atomic mass is 14.8. The van der Waals surface area contributed by atoms with Crippen molar-refractivity contribution in [2.75, 3.05) is 0 Å². The molecule has 0 aliphatic heterocycles. The van der Waals surface area contributed by atoms with Crippen molar-refractivity contribution >= 4 is 0 Å². The summed E-state index contributed by atoms with van der Waals surface area (Å²) in [4.78, 5) is 0. The Labute approximate surface area is 129 Å². The van der Waals surface area contributed by atoms with Gasteiger partial charge in [-0.3, -0.25) is 0 Å². The minimum absolute atomic E-state index is 0.239. The molecule has 1 nitrogen and oxygen atoms in total. The van der Waals surface area contributed by atoms with Crippen molar-refractivity contribution in [3.8, 4) is 0 Å². The summed E-state index contributed by atoms with van der Waals surface area (Å²) < 4.78 is 0.